The zero-order valence-corrected chi connectivity index (χ0v) is 10.9. The van der Waals surface area contributed by atoms with E-state index in [1.165, 1.54) is 0 Å². The minimum atomic E-state index is -0.763. The number of hydrogen-bond donors (Lipinski definition) is 1. The second kappa shape index (κ2) is 6.15. The first kappa shape index (κ1) is 15.3. The van der Waals surface area contributed by atoms with Crippen molar-refractivity contribution < 1.29 is 19.1 Å². The first-order valence-corrected chi connectivity index (χ1v) is 5.38. The number of alkyl carbamates (subject to hydrolysis) is 1. The lowest BCUT2D eigenvalue weighted by molar-refractivity contribution is -0.118. The fraction of sp³-hybridized carbons (Fsp3) is 0.727. The molecule has 0 bridgehead atoms. The summed E-state index contributed by atoms with van der Waals surface area (Å²) in [5.41, 5.74) is 7.67. The van der Waals surface area contributed by atoms with E-state index >= 15 is 0 Å². The van der Waals surface area contributed by atoms with Crippen LogP contribution in [0.1, 0.15) is 34.6 Å². The van der Waals surface area contributed by atoms with Crippen LogP contribution in [0.25, 0.3) is 5.53 Å². The number of nitrogens with zero attached hydrogens (tertiary/aromatic N) is 2. The third-order valence-corrected chi connectivity index (χ3v) is 1.83. The highest BCUT2D eigenvalue weighted by Gasteiger charge is 2.27. The molecule has 0 aliphatic carbocycles. The summed E-state index contributed by atoms with van der Waals surface area (Å²) >= 11 is 0. The Morgan fingerprint density at radius 2 is 1.88 bits per heavy atom. The van der Waals surface area contributed by atoms with Crippen molar-refractivity contribution in [2.75, 3.05) is 0 Å². The van der Waals surface area contributed by atoms with E-state index in [1.54, 1.807) is 34.6 Å². The van der Waals surface area contributed by atoms with Gasteiger partial charge in [-0.05, 0) is 26.7 Å². The number of carbonyl (C=O) groups is 2. The Morgan fingerprint density at radius 3 is 2.24 bits per heavy atom. The molecular formula is C11H19N3O3. The summed E-state index contributed by atoms with van der Waals surface area (Å²) in [6.45, 7) is 8.73. The van der Waals surface area contributed by atoms with Crippen LogP contribution in [0.5, 0.6) is 0 Å². The molecule has 96 valence electrons. The summed E-state index contributed by atoms with van der Waals surface area (Å²) in [7, 11) is 0. The molecule has 17 heavy (non-hydrogen) atoms. The molecule has 0 aliphatic heterocycles. The molecule has 6 heteroatoms. The van der Waals surface area contributed by atoms with Gasteiger partial charge in [0.25, 0.3) is 5.78 Å². The van der Waals surface area contributed by atoms with E-state index in [4.69, 9.17) is 10.3 Å². The highest BCUT2D eigenvalue weighted by Crippen LogP contribution is 2.08. The Morgan fingerprint density at radius 1 is 1.35 bits per heavy atom. The molecule has 0 spiro atoms. The van der Waals surface area contributed by atoms with E-state index in [0.29, 0.717) is 0 Å². The van der Waals surface area contributed by atoms with Gasteiger partial charge >= 0.3 is 12.3 Å². The molecule has 0 saturated heterocycles. The van der Waals surface area contributed by atoms with Gasteiger partial charge in [0.1, 0.15) is 11.6 Å². The van der Waals surface area contributed by atoms with Crippen LogP contribution in [-0.4, -0.2) is 34.5 Å². The van der Waals surface area contributed by atoms with Gasteiger partial charge in [0, 0.05) is 0 Å². The van der Waals surface area contributed by atoms with Crippen molar-refractivity contribution in [1.82, 2.24) is 5.32 Å². The lowest BCUT2D eigenvalue weighted by atomic mass is 10.0. The molecule has 1 unspecified atom stereocenters. The zero-order chi connectivity index (χ0) is 13.6. The molecule has 0 aromatic carbocycles. The molecule has 0 aliphatic rings. The number of carbonyl (C=O) groups excluding carboxylic acids is 2. The number of amides is 1. The topological polar surface area (TPSA) is 91.8 Å². The minimum absolute atomic E-state index is 0.131. The average molecular weight is 241 g/mol. The van der Waals surface area contributed by atoms with Crippen molar-refractivity contribution in [3.05, 3.63) is 5.53 Å². The lowest BCUT2D eigenvalue weighted by Gasteiger charge is -2.23. The lowest BCUT2D eigenvalue weighted by Crippen LogP contribution is -2.46. The Balaban J connectivity index is 4.62. The molecular weight excluding hydrogens is 222 g/mol. The Hall–Kier alpha value is -1.68. The van der Waals surface area contributed by atoms with Crippen LogP contribution in [0, 0.1) is 5.92 Å². The number of Topliss-reactive ketones (excluding diaryl/α,β-unsaturated/α-hetero) is 1. The summed E-state index contributed by atoms with van der Waals surface area (Å²) in [4.78, 5) is 25.7. The monoisotopic (exact) mass is 241 g/mol. The van der Waals surface area contributed by atoms with Crippen molar-refractivity contribution in [3.8, 4) is 0 Å². The normalized spacial score (nSPS) is 12.6. The third-order valence-electron chi connectivity index (χ3n) is 1.83. The first-order chi connectivity index (χ1) is 7.67. The number of ketones is 1. The molecule has 0 saturated carbocycles. The van der Waals surface area contributed by atoms with E-state index in [0.717, 1.165) is 6.21 Å². The molecule has 1 N–H and O–H groups in total. The Kier molecular flexibility index (Phi) is 5.55. The van der Waals surface area contributed by atoms with E-state index in [1.807, 2.05) is 0 Å². The van der Waals surface area contributed by atoms with Crippen LogP contribution in [0.15, 0.2) is 0 Å². The second-order valence-electron chi connectivity index (χ2n) is 5.01. The maximum absolute atomic E-state index is 11.5. The maximum atomic E-state index is 11.5. The number of hydrogen-bond acceptors (Lipinski definition) is 3. The Bertz CT molecular complexity index is 338. The van der Waals surface area contributed by atoms with Crippen LogP contribution < -0.4 is 5.32 Å². The number of nitrogens with one attached hydrogen (secondary N) is 1. The predicted octanol–water partition coefficient (Wildman–Crippen LogP) is 1.41. The summed E-state index contributed by atoms with van der Waals surface area (Å²) in [6.07, 6.45) is 0.0954. The maximum Gasteiger partial charge on any atom is 0.408 e. The third kappa shape index (κ3) is 6.48. The second-order valence-corrected chi connectivity index (χ2v) is 5.01. The van der Waals surface area contributed by atoms with Crippen molar-refractivity contribution in [3.63, 3.8) is 0 Å². The standard InChI is InChI=1S/C11H19N3O3/c1-7(2)9(8(15)6-13-12)14-10(16)17-11(3,4)5/h6-7,9H,1-5H3,(H,14,16). The highest BCUT2D eigenvalue weighted by molar-refractivity contribution is 6.28. The van der Waals surface area contributed by atoms with E-state index in [9.17, 15) is 9.59 Å². The van der Waals surface area contributed by atoms with Gasteiger partial charge < -0.3 is 15.6 Å². The molecule has 1 atom stereocenters. The molecule has 1 amide bonds. The summed E-state index contributed by atoms with van der Waals surface area (Å²) in [6, 6.07) is -0.763. The first-order valence-electron chi connectivity index (χ1n) is 5.38. The molecule has 6 nitrogen and oxygen atoms in total. The van der Waals surface area contributed by atoms with Gasteiger partial charge in [-0.2, -0.15) is 4.79 Å². The van der Waals surface area contributed by atoms with Crippen molar-refractivity contribution in [1.29, 1.82) is 0 Å². The van der Waals surface area contributed by atoms with Crippen molar-refractivity contribution in [2.24, 2.45) is 5.92 Å². The fourth-order valence-corrected chi connectivity index (χ4v) is 1.14. The summed E-state index contributed by atoms with van der Waals surface area (Å²) in [5, 5.41) is 2.44. The molecule has 0 aromatic rings. The minimum Gasteiger partial charge on any atom is -0.444 e. The quantitative estimate of drug-likeness (QED) is 0.458. The van der Waals surface area contributed by atoms with Crippen LogP contribution in [0.4, 0.5) is 4.79 Å². The van der Waals surface area contributed by atoms with E-state index < -0.39 is 23.5 Å². The summed E-state index contributed by atoms with van der Waals surface area (Å²) in [5.74, 6) is -0.610. The largest absolute Gasteiger partial charge is 0.444 e. The highest BCUT2D eigenvalue weighted by atomic mass is 16.6. The number of rotatable bonds is 4. The number of ether oxygens (including phenoxy) is 1. The van der Waals surface area contributed by atoms with Gasteiger partial charge in [-0.1, -0.05) is 13.8 Å². The van der Waals surface area contributed by atoms with E-state index in [2.05, 4.69) is 10.1 Å². The molecule has 0 fully saturated rings. The van der Waals surface area contributed by atoms with Crippen LogP contribution in [0.2, 0.25) is 0 Å². The van der Waals surface area contributed by atoms with Crippen LogP contribution in [-0.2, 0) is 9.53 Å². The summed E-state index contributed by atoms with van der Waals surface area (Å²) < 4.78 is 5.04. The van der Waals surface area contributed by atoms with Gasteiger partial charge in [0.2, 0.25) is 0 Å². The smallest absolute Gasteiger partial charge is 0.408 e. The molecule has 0 heterocycles. The van der Waals surface area contributed by atoms with Gasteiger partial charge in [0.15, 0.2) is 0 Å². The molecule has 0 rings (SSSR count). The van der Waals surface area contributed by atoms with Gasteiger partial charge in [-0.15, -0.1) is 0 Å². The fourth-order valence-electron chi connectivity index (χ4n) is 1.14. The average Bonchev–Trinajstić information content (AvgIpc) is 2.11. The predicted molar refractivity (Wildman–Crippen MR) is 62.7 cm³/mol. The van der Waals surface area contributed by atoms with Crippen molar-refractivity contribution in [2.45, 2.75) is 46.3 Å². The van der Waals surface area contributed by atoms with Crippen molar-refractivity contribution >= 4 is 18.1 Å². The SMILES string of the molecule is CC(C)C(NC(=O)OC(C)(C)C)C(=O)C=[N+]=[N-]. The van der Waals surface area contributed by atoms with E-state index in [-0.39, 0.29) is 5.92 Å². The van der Waals surface area contributed by atoms with Gasteiger partial charge in [-0.3, -0.25) is 4.79 Å². The van der Waals surface area contributed by atoms with Crippen LogP contribution in [0.3, 0.4) is 0 Å². The molecule has 0 aromatic heterocycles. The zero-order valence-electron chi connectivity index (χ0n) is 10.9. The Labute approximate surface area is 101 Å². The molecule has 0 radical (unpaired) electrons. The van der Waals surface area contributed by atoms with Gasteiger partial charge in [-0.25, -0.2) is 4.79 Å². The van der Waals surface area contributed by atoms with Crippen LogP contribution >= 0.6 is 0 Å². The van der Waals surface area contributed by atoms with Gasteiger partial charge in [0.05, 0.1) is 0 Å².